The van der Waals surface area contributed by atoms with E-state index in [1.807, 2.05) is 122 Å². The largest absolute Gasteiger partial charge is 0.494 e. The Labute approximate surface area is 467 Å². The Hall–Kier alpha value is -6.97. The average Bonchev–Trinajstić information content (AvgIpc) is 4.48. The molecule has 4 aromatic carbocycles. The molecule has 4 aromatic heterocycles. The Balaban J connectivity index is 0.000000190. The molecule has 2 aliphatic heterocycles. The van der Waals surface area contributed by atoms with E-state index in [1.165, 1.54) is 17.5 Å². The van der Waals surface area contributed by atoms with Gasteiger partial charge in [-0.2, -0.15) is 5.10 Å². The van der Waals surface area contributed by atoms with Crippen LogP contribution in [0.15, 0.2) is 116 Å². The number of benzene rings is 4. The maximum Gasteiger partial charge on any atom is 0.410 e. The number of hydrogen-bond donors (Lipinski definition) is 2. The minimum absolute atomic E-state index is 0.271. The first-order chi connectivity index (χ1) is 38.0. The van der Waals surface area contributed by atoms with Crippen LogP contribution in [0, 0.1) is 11.8 Å². The number of aryl methyl sites for hydroxylation is 2. The highest BCUT2D eigenvalue weighted by atomic mass is 35.5. The van der Waals surface area contributed by atoms with Gasteiger partial charge in [-0.15, -0.1) is 0 Å². The number of hydrogen-bond acceptors (Lipinski definition) is 9. The summed E-state index contributed by atoms with van der Waals surface area (Å²) in [5.41, 5.74) is 8.51. The summed E-state index contributed by atoms with van der Waals surface area (Å²) in [5, 5.41) is 7.77. The number of halogens is 2. The molecule has 0 saturated heterocycles. The van der Waals surface area contributed by atoms with Gasteiger partial charge in [0, 0.05) is 81.8 Å². The van der Waals surface area contributed by atoms with Crippen molar-refractivity contribution in [2.45, 2.75) is 117 Å². The number of H-pyrrole nitrogens is 2. The maximum atomic E-state index is 13.2. The number of carbonyl (C=O) groups is 2. The number of aromatic nitrogens is 7. The van der Waals surface area contributed by atoms with Gasteiger partial charge in [-0.3, -0.25) is 14.5 Å². The minimum Gasteiger partial charge on any atom is -0.494 e. The van der Waals surface area contributed by atoms with Gasteiger partial charge in [0.2, 0.25) is 0 Å². The van der Waals surface area contributed by atoms with Crippen molar-refractivity contribution in [1.82, 2.24) is 44.1 Å². The second kappa shape index (κ2) is 27.1. The van der Waals surface area contributed by atoms with Gasteiger partial charge in [0.15, 0.2) is 0 Å². The molecule has 2 amide bonds. The lowest BCUT2D eigenvalue weighted by Crippen LogP contribution is -2.41. The predicted molar refractivity (Wildman–Crippen MR) is 307 cm³/mol. The highest BCUT2D eigenvalue weighted by molar-refractivity contribution is 6.31. The van der Waals surface area contributed by atoms with Crippen molar-refractivity contribution < 1.29 is 28.5 Å². The summed E-state index contributed by atoms with van der Waals surface area (Å²) in [6.07, 6.45) is 18.7. The number of fused-ring (bicyclic) bond motifs is 6. The van der Waals surface area contributed by atoms with Gasteiger partial charge in [-0.1, -0.05) is 94.4 Å². The van der Waals surface area contributed by atoms with E-state index in [1.54, 1.807) is 12.7 Å². The smallest absolute Gasteiger partial charge is 0.410 e. The lowest BCUT2D eigenvalue weighted by Gasteiger charge is -2.35. The van der Waals surface area contributed by atoms with Crippen LogP contribution in [0.1, 0.15) is 125 Å². The van der Waals surface area contributed by atoms with Crippen LogP contribution in [0.2, 0.25) is 10.0 Å². The van der Waals surface area contributed by atoms with Crippen molar-refractivity contribution in [2.75, 3.05) is 39.5 Å². The molecule has 78 heavy (non-hydrogen) atoms. The summed E-state index contributed by atoms with van der Waals surface area (Å²) in [6, 6.07) is 27.4. The standard InChI is InChI=1S/C31H37ClN4O3.C30H36ClN5O3/c1-22(2)20-39-31(37)36-16-13-26-27-19-24(32)9-12-28(27)34-29(26)30(36)23-7-10-25(11-8-23)38-18-6-4-3-5-15-35-17-14-33-21-35;1-21(2)18-39-30(37)36-15-13-25-26-17-23(31)9-12-27(26)34-28(25)29(36)22-7-10-24(11-8-22)38-16-6-4-3-5-14-35-20-32-19-33-35/h7-12,14,17,19,21-22,30,34H,3-6,13,15-16,18,20H2,1-2H3;7-12,17,19-21,29,34H,3-6,13-16,18H2,1-2H3. The molecule has 0 radical (unpaired) electrons. The van der Waals surface area contributed by atoms with Crippen molar-refractivity contribution >= 4 is 57.2 Å². The SMILES string of the molecule is CC(C)COC(=O)N1CCc2c([nH]c3ccc(Cl)cc23)C1c1ccc(OCCCCCCn2ccnc2)cc1.CC(C)COC(=O)N1CCc2c([nH]c3ccc(Cl)cc23)C1c1ccc(OCCCCCCn2cncn2)cc1. The Kier molecular flexibility index (Phi) is 19.4. The second-order valence-corrected chi connectivity index (χ2v) is 22.0. The monoisotopic (exact) mass is 1100 g/mol. The van der Waals surface area contributed by atoms with Crippen molar-refractivity contribution in [2.24, 2.45) is 11.8 Å². The molecule has 0 aliphatic carbocycles. The fourth-order valence-electron chi connectivity index (χ4n) is 10.4. The van der Waals surface area contributed by atoms with Gasteiger partial charge in [-0.05, 0) is 140 Å². The Morgan fingerprint density at radius 3 is 1.54 bits per heavy atom. The molecular formula is C61H73Cl2N9O6. The lowest BCUT2D eigenvalue weighted by atomic mass is 9.92. The first kappa shape index (κ1) is 55.8. The molecule has 6 heterocycles. The van der Waals surface area contributed by atoms with Gasteiger partial charge in [-0.25, -0.2) is 19.6 Å². The normalized spacial score (nSPS) is 15.1. The van der Waals surface area contributed by atoms with Crippen LogP contribution in [0.4, 0.5) is 9.59 Å². The van der Waals surface area contributed by atoms with E-state index >= 15 is 0 Å². The number of nitrogens with zero attached hydrogens (tertiary/aromatic N) is 7. The Morgan fingerprint density at radius 2 is 1.09 bits per heavy atom. The molecule has 0 spiro atoms. The lowest BCUT2D eigenvalue weighted by molar-refractivity contribution is 0.0791. The molecule has 2 aliphatic rings. The molecule has 8 aromatic rings. The van der Waals surface area contributed by atoms with Gasteiger partial charge < -0.3 is 33.5 Å². The number of imidazole rings is 1. The van der Waals surface area contributed by atoms with Crippen LogP contribution in [0.25, 0.3) is 21.8 Å². The second-order valence-electron chi connectivity index (χ2n) is 21.2. The first-order valence-corrected chi connectivity index (χ1v) is 28.4. The molecule has 2 unspecified atom stereocenters. The highest BCUT2D eigenvalue weighted by Gasteiger charge is 2.37. The molecule has 0 fully saturated rings. The fraction of sp³-hybridized carbons (Fsp3) is 0.426. The van der Waals surface area contributed by atoms with E-state index in [4.69, 9.17) is 42.1 Å². The number of rotatable bonds is 22. The summed E-state index contributed by atoms with van der Waals surface area (Å²) < 4.78 is 27.3. The molecule has 2 N–H and O–H groups in total. The summed E-state index contributed by atoms with van der Waals surface area (Å²) in [5.74, 6) is 2.21. The van der Waals surface area contributed by atoms with Gasteiger partial charge in [0.05, 0.1) is 32.8 Å². The number of amides is 2. The zero-order valence-electron chi connectivity index (χ0n) is 45.3. The molecular weight excluding hydrogens is 1030 g/mol. The summed E-state index contributed by atoms with van der Waals surface area (Å²) in [6.45, 7) is 13.4. The third-order valence-electron chi connectivity index (χ3n) is 14.3. The molecule has 10 rings (SSSR count). The Morgan fingerprint density at radius 1 is 0.603 bits per heavy atom. The van der Waals surface area contributed by atoms with E-state index in [2.05, 4.69) is 53.9 Å². The van der Waals surface area contributed by atoms with Crippen LogP contribution in [-0.4, -0.2) is 95.8 Å². The maximum absolute atomic E-state index is 13.2. The topological polar surface area (TPSA) is 158 Å². The number of ether oxygens (including phenoxy) is 4. The highest BCUT2D eigenvalue weighted by Crippen LogP contribution is 2.42. The quantitative estimate of drug-likeness (QED) is 0.0630. The van der Waals surface area contributed by atoms with Crippen molar-refractivity contribution in [3.63, 3.8) is 0 Å². The van der Waals surface area contributed by atoms with E-state index in [0.717, 1.165) is 127 Å². The van der Waals surface area contributed by atoms with E-state index < -0.39 is 0 Å². The third kappa shape index (κ3) is 14.4. The van der Waals surface area contributed by atoms with Crippen LogP contribution < -0.4 is 9.47 Å². The number of unbranched alkanes of at least 4 members (excludes halogenated alkanes) is 6. The van der Waals surface area contributed by atoms with Crippen LogP contribution >= 0.6 is 23.2 Å². The molecule has 412 valence electrons. The summed E-state index contributed by atoms with van der Waals surface area (Å²) in [4.78, 5) is 45.2. The average molecular weight is 1100 g/mol. The predicted octanol–water partition coefficient (Wildman–Crippen LogP) is 14.2. The van der Waals surface area contributed by atoms with Crippen molar-refractivity contribution in [1.29, 1.82) is 0 Å². The number of carbonyl (C=O) groups excluding carboxylic acids is 2. The Bertz CT molecular complexity index is 2940. The van der Waals surface area contributed by atoms with E-state index in [0.29, 0.717) is 49.6 Å². The van der Waals surface area contributed by atoms with Crippen LogP contribution in [0.5, 0.6) is 11.5 Å². The van der Waals surface area contributed by atoms with Gasteiger partial charge in [0.25, 0.3) is 0 Å². The van der Waals surface area contributed by atoms with Crippen LogP contribution in [0.3, 0.4) is 0 Å². The summed E-state index contributed by atoms with van der Waals surface area (Å²) in [7, 11) is 0. The molecule has 15 nitrogen and oxygen atoms in total. The fourth-order valence-corrected chi connectivity index (χ4v) is 10.7. The van der Waals surface area contributed by atoms with E-state index in [-0.39, 0.29) is 36.1 Å². The zero-order valence-corrected chi connectivity index (χ0v) is 46.9. The van der Waals surface area contributed by atoms with Crippen LogP contribution in [-0.2, 0) is 35.4 Å². The minimum atomic E-state index is -0.291. The van der Waals surface area contributed by atoms with Crippen molar-refractivity contribution in [3.8, 4) is 11.5 Å². The van der Waals surface area contributed by atoms with E-state index in [9.17, 15) is 9.59 Å². The summed E-state index contributed by atoms with van der Waals surface area (Å²) >= 11 is 12.6. The third-order valence-corrected chi connectivity index (χ3v) is 14.7. The molecule has 2 atom stereocenters. The van der Waals surface area contributed by atoms with Gasteiger partial charge >= 0.3 is 12.2 Å². The number of aromatic amines is 2. The van der Waals surface area contributed by atoms with Crippen molar-refractivity contribution in [3.05, 3.63) is 160 Å². The molecule has 0 bridgehead atoms. The van der Waals surface area contributed by atoms with Gasteiger partial charge in [0.1, 0.15) is 36.2 Å². The molecule has 17 heteroatoms. The first-order valence-electron chi connectivity index (χ1n) is 27.7. The number of nitrogens with one attached hydrogen (secondary N) is 2. The zero-order chi connectivity index (χ0) is 54.4. The molecule has 0 saturated carbocycles.